The van der Waals surface area contributed by atoms with Gasteiger partial charge in [-0.15, -0.1) is 0 Å². The fourth-order valence-electron chi connectivity index (χ4n) is 1.67. The van der Waals surface area contributed by atoms with E-state index in [1.54, 1.807) is 19.1 Å². The van der Waals surface area contributed by atoms with E-state index in [0.29, 0.717) is 16.1 Å². The summed E-state index contributed by atoms with van der Waals surface area (Å²) in [7, 11) is 0. The van der Waals surface area contributed by atoms with Crippen molar-refractivity contribution < 1.29 is 9.72 Å². The number of benzene rings is 1. The highest BCUT2D eigenvalue weighted by Gasteiger charge is 2.14. The number of non-ortho nitro benzene ring substituents is 1. The number of amides is 1. The lowest BCUT2D eigenvalue weighted by molar-refractivity contribution is -0.384. The molecule has 0 aliphatic heterocycles. The number of halogens is 1. The van der Waals surface area contributed by atoms with Crippen LogP contribution in [0.4, 0.5) is 11.5 Å². The quantitative estimate of drug-likeness (QED) is 0.695. The van der Waals surface area contributed by atoms with Crippen LogP contribution in [0.3, 0.4) is 0 Å². The van der Waals surface area contributed by atoms with Crippen LogP contribution in [0.2, 0.25) is 5.02 Å². The van der Waals surface area contributed by atoms with E-state index in [-0.39, 0.29) is 11.5 Å². The van der Waals surface area contributed by atoms with E-state index in [1.165, 1.54) is 24.4 Å². The second-order valence-electron chi connectivity index (χ2n) is 4.04. The van der Waals surface area contributed by atoms with E-state index in [9.17, 15) is 14.9 Å². The Bertz CT molecular complexity index is 688. The molecule has 0 aliphatic rings. The minimum absolute atomic E-state index is 0.0603. The number of aryl methyl sites for hydroxylation is 1. The zero-order valence-corrected chi connectivity index (χ0v) is 11.2. The summed E-state index contributed by atoms with van der Waals surface area (Å²) in [5.41, 5.74) is 0.774. The van der Waals surface area contributed by atoms with Crippen LogP contribution in [0.1, 0.15) is 15.9 Å². The molecule has 0 saturated carbocycles. The molecule has 1 N–H and O–H groups in total. The highest BCUT2D eigenvalue weighted by atomic mass is 35.5. The SMILES string of the molecule is Cc1cc([N+](=O)[O-])ccc1C(=O)Nc1ncccc1Cl. The number of nitro groups is 1. The summed E-state index contributed by atoms with van der Waals surface area (Å²) >= 11 is 5.90. The maximum absolute atomic E-state index is 12.1. The van der Waals surface area contributed by atoms with Crippen molar-refractivity contribution in [2.24, 2.45) is 0 Å². The monoisotopic (exact) mass is 291 g/mol. The molecule has 1 amide bonds. The Morgan fingerprint density at radius 3 is 2.75 bits per heavy atom. The molecule has 1 heterocycles. The van der Waals surface area contributed by atoms with Crippen molar-refractivity contribution in [1.29, 1.82) is 0 Å². The maximum Gasteiger partial charge on any atom is 0.269 e. The Balaban J connectivity index is 2.26. The smallest absolute Gasteiger partial charge is 0.269 e. The molecule has 2 rings (SSSR count). The molecule has 0 aliphatic carbocycles. The molecule has 0 saturated heterocycles. The second kappa shape index (κ2) is 5.66. The largest absolute Gasteiger partial charge is 0.305 e. The van der Waals surface area contributed by atoms with Crippen molar-refractivity contribution in [3.63, 3.8) is 0 Å². The fourth-order valence-corrected chi connectivity index (χ4v) is 1.84. The fraction of sp³-hybridized carbons (Fsp3) is 0.0769. The number of carbonyl (C=O) groups is 1. The lowest BCUT2D eigenvalue weighted by Crippen LogP contribution is -2.14. The van der Waals surface area contributed by atoms with Gasteiger partial charge in [0.2, 0.25) is 0 Å². The normalized spacial score (nSPS) is 10.1. The number of pyridine rings is 1. The lowest BCUT2D eigenvalue weighted by Gasteiger charge is -2.07. The molecule has 1 aromatic heterocycles. The molecular formula is C13H10ClN3O3. The number of nitro benzene ring substituents is 1. The highest BCUT2D eigenvalue weighted by Crippen LogP contribution is 2.21. The maximum atomic E-state index is 12.1. The van der Waals surface area contributed by atoms with Crippen LogP contribution in [-0.2, 0) is 0 Å². The Kier molecular flexibility index (Phi) is 3.95. The van der Waals surface area contributed by atoms with Crippen molar-refractivity contribution >= 4 is 29.0 Å². The molecule has 20 heavy (non-hydrogen) atoms. The first kappa shape index (κ1) is 14.0. The third kappa shape index (κ3) is 2.92. The van der Waals surface area contributed by atoms with Crippen LogP contribution in [-0.4, -0.2) is 15.8 Å². The third-order valence-electron chi connectivity index (χ3n) is 2.66. The third-order valence-corrected chi connectivity index (χ3v) is 2.96. The molecule has 0 spiro atoms. The van der Waals surface area contributed by atoms with Gasteiger partial charge in [0.25, 0.3) is 11.6 Å². The lowest BCUT2D eigenvalue weighted by atomic mass is 10.1. The average Bonchev–Trinajstić information content (AvgIpc) is 2.41. The molecule has 0 unspecified atom stereocenters. The van der Waals surface area contributed by atoms with Gasteiger partial charge in [0.1, 0.15) is 0 Å². The minimum atomic E-state index is -0.510. The molecule has 7 heteroatoms. The molecule has 0 bridgehead atoms. The first-order chi connectivity index (χ1) is 9.49. The van der Waals surface area contributed by atoms with Gasteiger partial charge in [-0.05, 0) is 30.7 Å². The summed E-state index contributed by atoms with van der Waals surface area (Å²) in [4.78, 5) is 26.2. The highest BCUT2D eigenvalue weighted by molar-refractivity contribution is 6.33. The van der Waals surface area contributed by atoms with Gasteiger partial charge in [0.05, 0.1) is 9.95 Å². The summed E-state index contributed by atoms with van der Waals surface area (Å²) in [6.07, 6.45) is 1.50. The van der Waals surface area contributed by atoms with Gasteiger partial charge in [0, 0.05) is 23.9 Å². The van der Waals surface area contributed by atoms with Crippen LogP contribution >= 0.6 is 11.6 Å². The molecule has 0 radical (unpaired) electrons. The van der Waals surface area contributed by atoms with E-state index in [1.807, 2.05) is 0 Å². The van der Waals surface area contributed by atoms with Gasteiger partial charge in [-0.25, -0.2) is 4.98 Å². The zero-order chi connectivity index (χ0) is 14.7. The van der Waals surface area contributed by atoms with Gasteiger partial charge in [0.15, 0.2) is 5.82 Å². The number of carbonyl (C=O) groups excluding carboxylic acids is 1. The Morgan fingerprint density at radius 2 is 2.15 bits per heavy atom. The zero-order valence-electron chi connectivity index (χ0n) is 10.5. The Labute approximate surface area is 119 Å². The molecular weight excluding hydrogens is 282 g/mol. The van der Waals surface area contributed by atoms with Gasteiger partial charge in [-0.2, -0.15) is 0 Å². The second-order valence-corrected chi connectivity index (χ2v) is 4.45. The van der Waals surface area contributed by atoms with Crippen molar-refractivity contribution in [2.45, 2.75) is 6.92 Å². The first-order valence-corrected chi connectivity index (χ1v) is 6.04. The van der Waals surface area contributed by atoms with E-state index in [0.717, 1.165) is 0 Å². The number of hydrogen-bond acceptors (Lipinski definition) is 4. The van der Waals surface area contributed by atoms with Crippen LogP contribution in [0.15, 0.2) is 36.5 Å². The molecule has 0 fully saturated rings. The van der Waals surface area contributed by atoms with Crippen LogP contribution in [0.5, 0.6) is 0 Å². The van der Waals surface area contributed by atoms with E-state index >= 15 is 0 Å². The number of anilines is 1. The number of hydrogen-bond donors (Lipinski definition) is 1. The van der Waals surface area contributed by atoms with Crippen molar-refractivity contribution in [3.8, 4) is 0 Å². The summed E-state index contributed by atoms with van der Waals surface area (Å²) in [5.74, 6) is -0.171. The number of aromatic nitrogens is 1. The first-order valence-electron chi connectivity index (χ1n) is 5.66. The molecule has 1 aromatic carbocycles. The minimum Gasteiger partial charge on any atom is -0.305 e. The van der Waals surface area contributed by atoms with Crippen LogP contribution in [0.25, 0.3) is 0 Å². The van der Waals surface area contributed by atoms with E-state index in [4.69, 9.17) is 11.6 Å². The predicted molar refractivity (Wildman–Crippen MR) is 75.0 cm³/mol. The molecule has 0 atom stereocenters. The summed E-state index contributed by atoms with van der Waals surface area (Å²) in [6, 6.07) is 7.28. The van der Waals surface area contributed by atoms with E-state index < -0.39 is 10.8 Å². The molecule has 6 nitrogen and oxygen atoms in total. The predicted octanol–water partition coefficient (Wildman–Crippen LogP) is 3.20. The van der Waals surface area contributed by atoms with Crippen molar-refractivity contribution in [2.75, 3.05) is 5.32 Å². The van der Waals surface area contributed by atoms with Crippen molar-refractivity contribution in [1.82, 2.24) is 4.98 Å². The van der Waals surface area contributed by atoms with Gasteiger partial charge in [-0.3, -0.25) is 14.9 Å². The standard InChI is InChI=1S/C13H10ClN3O3/c1-8-7-9(17(19)20)4-5-10(8)13(18)16-12-11(14)3-2-6-15-12/h2-7H,1H3,(H,15,16,18). The van der Waals surface area contributed by atoms with Gasteiger partial charge in [-0.1, -0.05) is 11.6 Å². The van der Waals surface area contributed by atoms with Crippen molar-refractivity contribution in [3.05, 3.63) is 62.8 Å². The average molecular weight is 292 g/mol. The van der Waals surface area contributed by atoms with Gasteiger partial charge >= 0.3 is 0 Å². The number of rotatable bonds is 3. The van der Waals surface area contributed by atoms with Crippen LogP contribution < -0.4 is 5.32 Å². The Hall–Kier alpha value is -2.47. The summed E-state index contributed by atoms with van der Waals surface area (Å²) in [5, 5.41) is 13.5. The summed E-state index contributed by atoms with van der Waals surface area (Å²) in [6.45, 7) is 1.63. The number of nitrogens with one attached hydrogen (secondary N) is 1. The van der Waals surface area contributed by atoms with Crippen LogP contribution in [0, 0.1) is 17.0 Å². The Morgan fingerprint density at radius 1 is 1.40 bits per heavy atom. The molecule has 2 aromatic rings. The molecule has 102 valence electrons. The topological polar surface area (TPSA) is 85.1 Å². The number of nitrogens with zero attached hydrogens (tertiary/aromatic N) is 2. The summed E-state index contributed by atoms with van der Waals surface area (Å²) < 4.78 is 0. The van der Waals surface area contributed by atoms with E-state index in [2.05, 4.69) is 10.3 Å². The van der Waals surface area contributed by atoms with Gasteiger partial charge < -0.3 is 5.32 Å².